The summed E-state index contributed by atoms with van der Waals surface area (Å²) in [5, 5.41) is 6.89. The SMILES string of the molecule is CCN(CC)c1ccc2c(c1)nc1cc(N)ccc1[n+]2-c1ccccc1.CN(CCN)c1ccc(N)cc1.O=CO. The van der Waals surface area contributed by atoms with E-state index in [0.29, 0.717) is 6.54 Å². The van der Waals surface area contributed by atoms with Gasteiger partial charge in [0.05, 0.1) is 0 Å². The number of hydrogen-bond donors (Lipinski definition) is 4. The van der Waals surface area contributed by atoms with Crippen LogP contribution in [-0.4, -0.2) is 49.8 Å². The van der Waals surface area contributed by atoms with E-state index in [0.717, 1.165) is 64.5 Å². The van der Waals surface area contributed by atoms with Gasteiger partial charge in [-0.15, -0.1) is 4.57 Å². The van der Waals surface area contributed by atoms with Crippen molar-refractivity contribution in [1.82, 2.24) is 4.98 Å². The summed E-state index contributed by atoms with van der Waals surface area (Å²) >= 11 is 0. The van der Waals surface area contributed by atoms with Crippen LogP contribution in [0.4, 0.5) is 22.7 Å². The number of fused-ring (bicyclic) bond motifs is 2. The molecular formula is C32H40N7O2+. The van der Waals surface area contributed by atoms with Gasteiger partial charge in [-0.1, -0.05) is 18.2 Å². The normalized spacial score (nSPS) is 10.2. The monoisotopic (exact) mass is 554 g/mol. The van der Waals surface area contributed by atoms with Crippen molar-refractivity contribution in [3.05, 3.63) is 91.0 Å². The quantitative estimate of drug-likeness (QED) is 0.100. The van der Waals surface area contributed by atoms with Crippen LogP contribution >= 0.6 is 0 Å². The van der Waals surface area contributed by atoms with Crippen LogP contribution < -0.4 is 31.6 Å². The van der Waals surface area contributed by atoms with Gasteiger partial charge < -0.3 is 32.1 Å². The highest BCUT2D eigenvalue weighted by Crippen LogP contribution is 2.24. The van der Waals surface area contributed by atoms with E-state index in [1.807, 2.05) is 55.6 Å². The van der Waals surface area contributed by atoms with Crippen LogP contribution in [0.15, 0.2) is 91.0 Å². The molecule has 1 aromatic heterocycles. The van der Waals surface area contributed by atoms with Crippen LogP contribution in [0.5, 0.6) is 0 Å². The molecule has 0 saturated heterocycles. The minimum absolute atomic E-state index is 0.250. The number of nitrogens with zero attached hydrogens (tertiary/aromatic N) is 4. The molecule has 0 unspecified atom stereocenters. The van der Waals surface area contributed by atoms with Crippen molar-refractivity contribution in [2.75, 3.05) is 54.5 Å². The number of nitrogens with two attached hydrogens (primary N) is 3. The molecule has 0 aliphatic carbocycles. The van der Waals surface area contributed by atoms with Gasteiger partial charge in [-0.3, -0.25) is 4.79 Å². The molecule has 5 aromatic rings. The topological polar surface area (TPSA) is 139 Å². The molecule has 7 N–H and O–H groups in total. The summed E-state index contributed by atoms with van der Waals surface area (Å²) in [5.41, 5.74) is 26.0. The molecule has 0 saturated carbocycles. The van der Waals surface area contributed by atoms with E-state index in [9.17, 15) is 0 Å². The Hall–Kier alpha value is -4.89. The fourth-order valence-corrected chi connectivity index (χ4v) is 4.56. The fourth-order valence-electron chi connectivity index (χ4n) is 4.56. The largest absolute Gasteiger partial charge is 0.483 e. The molecule has 0 aliphatic rings. The van der Waals surface area contributed by atoms with Crippen LogP contribution in [0.3, 0.4) is 0 Å². The van der Waals surface area contributed by atoms with Crippen LogP contribution in [0, 0.1) is 0 Å². The Balaban J connectivity index is 0.000000258. The first-order chi connectivity index (χ1) is 19.9. The molecule has 4 aromatic carbocycles. The van der Waals surface area contributed by atoms with Crippen molar-refractivity contribution in [2.24, 2.45) is 5.73 Å². The van der Waals surface area contributed by atoms with Gasteiger partial charge in [0.15, 0.2) is 0 Å². The minimum Gasteiger partial charge on any atom is -0.483 e. The Morgan fingerprint density at radius 3 is 1.93 bits per heavy atom. The lowest BCUT2D eigenvalue weighted by molar-refractivity contribution is -0.538. The molecule has 9 heteroatoms. The number of benzene rings is 4. The first kappa shape index (κ1) is 30.6. The smallest absolute Gasteiger partial charge is 0.290 e. The van der Waals surface area contributed by atoms with Gasteiger partial charge in [-0.05, 0) is 62.4 Å². The van der Waals surface area contributed by atoms with E-state index in [1.165, 1.54) is 5.69 Å². The Morgan fingerprint density at radius 1 is 0.805 bits per heavy atom. The predicted octanol–water partition coefficient (Wildman–Crippen LogP) is 4.46. The average molecular weight is 555 g/mol. The maximum absolute atomic E-state index is 8.36. The first-order valence-corrected chi connectivity index (χ1v) is 13.6. The Kier molecular flexibility index (Phi) is 11.2. The lowest BCUT2D eigenvalue weighted by Gasteiger charge is -2.20. The predicted molar refractivity (Wildman–Crippen MR) is 171 cm³/mol. The molecule has 0 fully saturated rings. The highest BCUT2D eigenvalue weighted by atomic mass is 16.3. The zero-order valence-electron chi connectivity index (χ0n) is 23.9. The minimum atomic E-state index is -0.250. The number of para-hydroxylation sites is 1. The number of aromatic nitrogens is 2. The molecule has 0 spiro atoms. The van der Waals surface area contributed by atoms with E-state index in [4.69, 9.17) is 32.1 Å². The Labute approximate surface area is 241 Å². The maximum atomic E-state index is 8.36. The lowest BCUT2D eigenvalue weighted by Crippen LogP contribution is -2.33. The number of nitrogen functional groups attached to an aromatic ring is 2. The van der Waals surface area contributed by atoms with E-state index in [-0.39, 0.29) is 6.47 Å². The van der Waals surface area contributed by atoms with Gasteiger partial charge in [-0.2, -0.15) is 0 Å². The van der Waals surface area contributed by atoms with Crippen molar-refractivity contribution >= 4 is 51.3 Å². The van der Waals surface area contributed by atoms with Gasteiger partial charge in [-0.25, -0.2) is 4.98 Å². The van der Waals surface area contributed by atoms with E-state index >= 15 is 0 Å². The van der Waals surface area contributed by atoms with Gasteiger partial charge in [0.25, 0.3) is 6.47 Å². The number of anilines is 4. The summed E-state index contributed by atoms with van der Waals surface area (Å²) in [7, 11) is 2.01. The molecule has 0 radical (unpaired) electrons. The second-order valence-electron chi connectivity index (χ2n) is 9.28. The fraction of sp³-hybridized carbons (Fsp3) is 0.219. The molecule has 214 valence electrons. The average Bonchev–Trinajstić information content (AvgIpc) is 2.98. The zero-order valence-corrected chi connectivity index (χ0v) is 23.9. The number of hydrogen-bond acceptors (Lipinski definition) is 7. The zero-order chi connectivity index (χ0) is 29.8. The maximum Gasteiger partial charge on any atom is 0.290 e. The molecule has 1 heterocycles. The summed E-state index contributed by atoms with van der Waals surface area (Å²) in [6, 6.07) is 30.6. The van der Waals surface area contributed by atoms with E-state index in [2.05, 4.69) is 70.7 Å². The molecule has 0 aliphatic heterocycles. The Bertz CT molecular complexity index is 1540. The van der Waals surface area contributed by atoms with Crippen molar-refractivity contribution in [3.8, 4) is 5.69 Å². The van der Waals surface area contributed by atoms with Crippen molar-refractivity contribution in [1.29, 1.82) is 0 Å². The third-order valence-electron chi connectivity index (χ3n) is 6.62. The standard InChI is InChI=1S/C22H23N4.C9H15N3.CH2O2/c1-3-25(4-2)18-11-13-22-20(15-18)24-19-14-16(23)10-12-21(19)26(22)17-8-6-5-7-9-17;1-12(7-6-10)9-4-2-8(11)3-5-9;2-1-3/h5-15H,3-4,23H2,1-2H3;2-5H,6-7,10-11H2,1H3;1H,(H,2,3)/q+1;;. The lowest BCUT2D eigenvalue weighted by atomic mass is 10.2. The summed E-state index contributed by atoms with van der Waals surface area (Å²) in [5.74, 6) is 0. The Morgan fingerprint density at radius 2 is 1.34 bits per heavy atom. The van der Waals surface area contributed by atoms with Crippen molar-refractivity contribution in [3.63, 3.8) is 0 Å². The highest BCUT2D eigenvalue weighted by molar-refractivity contribution is 5.86. The molecule has 9 nitrogen and oxygen atoms in total. The number of carbonyl (C=O) groups is 1. The molecule has 0 amide bonds. The molecule has 0 bridgehead atoms. The van der Waals surface area contributed by atoms with Gasteiger partial charge >= 0.3 is 0 Å². The molecule has 5 rings (SSSR count). The van der Waals surface area contributed by atoms with Crippen LogP contribution in [-0.2, 0) is 4.79 Å². The highest BCUT2D eigenvalue weighted by Gasteiger charge is 2.20. The third-order valence-corrected chi connectivity index (χ3v) is 6.62. The van der Waals surface area contributed by atoms with Crippen molar-refractivity contribution < 1.29 is 14.5 Å². The first-order valence-electron chi connectivity index (χ1n) is 13.6. The van der Waals surface area contributed by atoms with Crippen LogP contribution in [0.1, 0.15) is 13.8 Å². The van der Waals surface area contributed by atoms with Gasteiger partial charge in [0.2, 0.25) is 16.7 Å². The summed E-state index contributed by atoms with van der Waals surface area (Å²) < 4.78 is 2.25. The summed E-state index contributed by atoms with van der Waals surface area (Å²) in [4.78, 5) is 17.7. The van der Waals surface area contributed by atoms with Gasteiger partial charge in [0, 0.05) is 80.2 Å². The summed E-state index contributed by atoms with van der Waals surface area (Å²) in [6.07, 6.45) is 0. The van der Waals surface area contributed by atoms with E-state index < -0.39 is 0 Å². The van der Waals surface area contributed by atoms with Crippen molar-refractivity contribution in [2.45, 2.75) is 13.8 Å². The van der Waals surface area contributed by atoms with Crippen LogP contribution in [0.25, 0.3) is 27.8 Å². The molecular weight excluding hydrogens is 514 g/mol. The van der Waals surface area contributed by atoms with E-state index in [1.54, 1.807) is 0 Å². The second-order valence-corrected chi connectivity index (χ2v) is 9.28. The number of carboxylic acid groups (broad SMARTS) is 1. The van der Waals surface area contributed by atoms with Gasteiger partial charge in [0.1, 0.15) is 11.0 Å². The molecule has 41 heavy (non-hydrogen) atoms. The third kappa shape index (κ3) is 7.83. The second kappa shape index (κ2) is 15.0. The summed E-state index contributed by atoms with van der Waals surface area (Å²) in [6.45, 7) is 7.58. The number of rotatable bonds is 7. The van der Waals surface area contributed by atoms with Crippen LogP contribution in [0.2, 0.25) is 0 Å². The molecule has 0 atom stereocenters. The number of likely N-dealkylation sites (N-methyl/N-ethyl adjacent to an activating group) is 1.